The van der Waals surface area contributed by atoms with Crippen molar-refractivity contribution in [3.8, 4) is 0 Å². The third-order valence-corrected chi connectivity index (χ3v) is 4.53. The van der Waals surface area contributed by atoms with Gasteiger partial charge in [0.2, 0.25) is 5.91 Å². The molecule has 1 saturated heterocycles. The minimum absolute atomic E-state index is 0.0224. The Labute approximate surface area is 142 Å². The number of halogens is 1. The van der Waals surface area contributed by atoms with E-state index in [0.29, 0.717) is 16.5 Å². The highest BCUT2D eigenvalue weighted by molar-refractivity contribution is 7.10. The van der Waals surface area contributed by atoms with Gasteiger partial charge in [-0.15, -0.1) is 5.10 Å². The topological polar surface area (TPSA) is 72.4 Å². The normalized spacial score (nSPS) is 14.3. The molecule has 8 heteroatoms. The van der Waals surface area contributed by atoms with E-state index < -0.39 is 0 Å². The molecule has 1 aliphatic heterocycles. The van der Waals surface area contributed by atoms with Crippen molar-refractivity contribution in [3.05, 3.63) is 39.9 Å². The maximum absolute atomic E-state index is 11.8. The fraction of sp³-hybridized carbons (Fsp3) is 0.333. The number of hydrogen-bond donors (Lipinski definition) is 0. The fourth-order valence-electron chi connectivity index (χ4n) is 2.36. The lowest BCUT2D eigenvalue weighted by Crippen LogP contribution is -2.23. The van der Waals surface area contributed by atoms with Gasteiger partial charge >= 0.3 is 5.97 Å². The Morgan fingerprint density at radius 1 is 1.35 bits per heavy atom. The Kier molecular flexibility index (Phi) is 4.88. The molecular formula is C15H14ClN3O3S. The minimum Gasteiger partial charge on any atom is -0.459 e. The van der Waals surface area contributed by atoms with Crippen LogP contribution in [-0.4, -0.2) is 28.0 Å². The SMILES string of the molecule is O=C(Cc1ccc(N2CCCC2=O)cc1)OCc1nnsc1Cl. The van der Waals surface area contributed by atoms with E-state index in [2.05, 4.69) is 9.59 Å². The van der Waals surface area contributed by atoms with Crippen LogP contribution in [0.5, 0.6) is 0 Å². The number of carbonyl (C=O) groups excluding carboxylic acids is 2. The quantitative estimate of drug-likeness (QED) is 0.774. The predicted molar refractivity (Wildman–Crippen MR) is 86.4 cm³/mol. The van der Waals surface area contributed by atoms with Crippen LogP contribution in [0, 0.1) is 0 Å². The summed E-state index contributed by atoms with van der Waals surface area (Å²) in [6, 6.07) is 7.37. The van der Waals surface area contributed by atoms with Crippen LogP contribution in [0.3, 0.4) is 0 Å². The fourth-order valence-corrected chi connectivity index (χ4v) is 2.97. The van der Waals surface area contributed by atoms with Crippen LogP contribution in [0.25, 0.3) is 0 Å². The first-order valence-corrected chi connectivity index (χ1v) is 8.30. The summed E-state index contributed by atoms with van der Waals surface area (Å²) in [7, 11) is 0. The second kappa shape index (κ2) is 7.06. The first-order chi connectivity index (χ1) is 11.1. The van der Waals surface area contributed by atoms with E-state index in [1.165, 1.54) is 0 Å². The van der Waals surface area contributed by atoms with E-state index in [9.17, 15) is 9.59 Å². The van der Waals surface area contributed by atoms with Crippen molar-refractivity contribution in [2.75, 3.05) is 11.4 Å². The van der Waals surface area contributed by atoms with Gasteiger partial charge in [-0.2, -0.15) is 0 Å². The molecule has 1 fully saturated rings. The van der Waals surface area contributed by atoms with Crippen molar-refractivity contribution >= 4 is 40.7 Å². The summed E-state index contributed by atoms with van der Waals surface area (Å²) < 4.78 is 9.24. The van der Waals surface area contributed by atoms with Gasteiger partial charge in [0.05, 0.1) is 6.42 Å². The molecule has 6 nitrogen and oxygen atoms in total. The second-order valence-electron chi connectivity index (χ2n) is 5.15. The summed E-state index contributed by atoms with van der Waals surface area (Å²) in [5.74, 6) is -0.218. The number of anilines is 1. The van der Waals surface area contributed by atoms with Crippen molar-refractivity contribution in [3.63, 3.8) is 0 Å². The van der Waals surface area contributed by atoms with Crippen LogP contribution < -0.4 is 4.90 Å². The number of hydrogen-bond acceptors (Lipinski definition) is 6. The summed E-state index contributed by atoms with van der Waals surface area (Å²) in [5.41, 5.74) is 2.16. The standard InChI is InChI=1S/C15H14ClN3O3S/c16-15-12(17-18-23-15)9-22-14(21)8-10-3-5-11(6-4-10)19-7-1-2-13(19)20/h3-6H,1-2,7-9H2. The molecule has 2 aromatic rings. The average Bonchev–Trinajstić information content (AvgIpc) is 3.14. The summed E-state index contributed by atoms with van der Waals surface area (Å²) in [6.07, 6.45) is 1.65. The van der Waals surface area contributed by atoms with Gasteiger partial charge in [0.25, 0.3) is 0 Å². The predicted octanol–water partition coefficient (Wildman–Crippen LogP) is 2.60. The van der Waals surface area contributed by atoms with Crippen molar-refractivity contribution in [1.29, 1.82) is 0 Å². The highest BCUT2D eigenvalue weighted by Gasteiger charge is 2.21. The summed E-state index contributed by atoms with van der Waals surface area (Å²) in [6.45, 7) is 0.775. The van der Waals surface area contributed by atoms with Crippen LogP contribution >= 0.6 is 23.1 Å². The molecule has 0 N–H and O–H groups in total. The Hall–Kier alpha value is -1.99. The monoisotopic (exact) mass is 351 g/mol. The van der Waals surface area contributed by atoms with Gasteiger partial charge in [0.15, 0.2) is 0 Å². The number of nitrogens with zero attached hydrogens (tertiary/aromatic N) is 3. The Morgan fingerprint density at radius 2 is 2.13 bits per heavy atom. The average molecular weight is 352 g/mol. The molecule has 1 aliphatic rings. The lowest BCUT2D eigenvalue weighted by Gasteiger charge is -2.15. The van der Waals surface area contributed by atoms with Gasteiger partial charge in [-0.1, -0.05) is 28.2 Å². The minimum atomic E-state index is -0.362. The van der Waals surface area contributed by atoms with E-state index in [0.717, 1.165) is 35.7 Å². The maximum Gasteiger partial charge on any atom is 0.310 e. The zero-order valence-corrected chi connectivity index (χ0v) is 13.8. The molecular weight excluding hydrogens is 338 g/mol. The van der Waals surface area contributed by atoms with E-state index in [4.69, 9.17) is 16.3 Å². The highest BCUT2D eigenvalue weighted by Crippen LogP contribution is 2.22. The summed E-state index contributed by atoms with van der Waals surface area (Å²) in [4.78, 5) is 25.3. The number of esters is 1. The first kappa shape index (κ1) is 15.9. The zero-order valence-electron chi connectivity index (χ0n) is 12.2. The number of ether oxygens (including phenoxy) is 1. The maximum atomic E-state index is 11.8. The van der Waals surface area contributed by atoms with Gasteiger partial charge < -0.3 is 9.64 Å². The molecule has 1 amide bonds. The molecule has 0 saturated carbocycles. The second-order valence-corrected chi connectivity index (χ2v) is 6.50. The molecule has 0 bridgehead atoms. The van der Waals surface area contributed by atoms with Crippen LogP contribution in [0.15, 0.2) is 24.3 Å². The smallest absolute Gasteiger partial charge is 0.310 e. The molecule has 2 heterocycles. The van der Waals surface area contributed by atoms with E-state index in [1.807, 2.05) is 24.3 Å². The lowest BCUT2D eigenvalue weighted by molar-refractivity contribution is -0.144. The van der Waals surface area contributed by atoms with Crippen LogP contribution in [0.1, 0.15) is 24.1 Å². The summed E-state index contributed by atoms with van der Waals surface area (Å²) in [5, 5.41) is 3.78. The molecule has 23 heavy (non-hydrogen) atoms. The van der Waals surface area contributed by atoms with Gasteiger partial charge in [-0.05, 0) is 24.1 Å². The molecule has 3 rings (SSSR count). The van der Waals surface area contributed by atoms with Crippen molar-refractivity contribution in [2.45, 2.75) is 25.9 Å². The molecule has 1 aromatic carbocycles. The van der Waals surface area contributed by atoms with Gasteiger partial charge in [-0.3, -0.25) is 9.59 Å². The molecule has 0 atom stereocenters. The number of aromatic nitrogens is 2. The van der Waals surface area contributed by atoms with Crippen molar-refractivity contribution in [1.82, 2.24) is 9.59 Å². The molecule has 0 spiro atoms. The van der Waals surface area contributed by atoms with Crippen LogP contribution in [0.4, 0.5) is 5.69 Å². The van der Waals surface area contributed by atoms with Crippen LogP contribution in [-0.2, 0) is 27.4 Å². The Morgan fingerprint density at radius 3 is 2.74 bits per heavy atom. The van der Waals surface area contributed by atoms with E-state index in [-0.39, 0.29) is 24.9 Å². The molecule has 120 valence electrons. The third-order valence-electron chi connectivity index (χ3n) is 3.55. The van der Waals surface area contributed by atoms with Crippen molar-refractivity contribution in [2.24, 2.45) is 0 Å². The number of rotatable bonds is 5. The van der Waals surface area contributed by atoms with Gasteiger partial charge in [-0.25, -0.2) is 0 Å². The molecule has 0 radical (unpaired) electrons. The largest absolute Gasteiger partial charge is 0.459 e. The molecule has 0 unspecified atom stereocenters. The van der Waals surface area contributed by atoms with E-state index >= 15 is 0 Å². The van der Waals surface area contributed by atoms with Crippen molar-refractivity contribution < 1.29 is 14.3 Å². The Balaban J connectivity index is 1.54. The zero-order chi connectivity index (χ0) is 16.2. The first-order valence-electron chi connectivity index (χ1n) is 7.15. The number of amides is 1. The lowest BCUT2D eigenvalue weighted by atomic mass is 10.1. The molecule has 1 aromatic heterocycles. The Bertz CT molecular complexity index is 717. The molecule has 0 aliphatic carbocycles. The summed E-state index contributed by atoms with van der Waals surface area (Å²) >= 11 is 6.90. The van der Waals surface area contributed by atoms with E-state index in [1.54, 1.807) is 4.90 Å². The van der Waals surface area contributed by atoms with Gasteiger partial charge in [0.1, 0.15) is 16.6 Å². The van der Waals surface area contributed by atoms with Crippen LogP contribution in [0.2, 0.25) is 4.34 Å². The highest BCUT2D eigenvalue weighted by atomic mass is 35.5. The number of carbonyl (C=O) groups is 2. The third kappa shape index (κ3) is 3.86. The van der Waals surface area contributed by atoms with Gasteiger partial charge in [0, 0.05) is 30.2 Å². The number of benzene rings is 1.